The summed E-state index contributed by atoms with van der Waals surface area (Å²) in [5.74, 6) is 1.05. The molecule has 0 unspecified atom stereocenters. The van der Waals surface area contributed by atoms with E-state index in [2.05, 4.69) is 4.98 Å². The smallest absolute Gasteiger partial charge is 0.291 e. The number of pyridine rings is 1. The van der Waals surface area contributed by atoms with Crippen molar-refractivity contribution in [2.75, 3.05) is 38.2 Å². The molecule has 0 spiro atoms. The maximum atomic E-state index is 12.4. The molecule has 2 aromatic rings. The molecule has 1 aliphatic heterocycles. The van der Waals surface area contributed by atoms with Crippen molar-refractivity contribution in [3.8, 4) is 5.75 Å². The van der Waals surface area contributed by atoms with Crippen LogP contribution in [0.15, 0.2) is 29.8 Å². The Labute approximate surface area is 148 Å². The van der Waals surface area contributed by atoms with Crippen LogP contribution >= 0.6 is 11.3 Å². The van der Waals surface area contributed by atoms with Crippen molar-refractivity contribution < 1.29 is 14.5 Å². The average Bonchev–Trinajstić information content (AvgIpc) is 3.14. The lowest BCUT2D eigenvalue weighted by Crippen LogP contribution is -2.49. The number of piperazine rings is 1. The van der Waals surface area contributed by atoms with Crippen LogP contribution in [0.3, 0.4) is 0 Å². The van der Waals surface area contributed by atoms with Gasteiger partial charge >= 0.3 is 0 Å². The molecule has 1 fully saturated rings. The number of methoxy groups -OCH3 is 1. The third-order valence-electron chi connectivity index (χ3n) is 4.09. The number of aromatic nitrogens is 1. The van der Waals surface area contributed by atoms with Gasteiger partial charge in [0.2, 0.25) is 5.91 Å². The molecule has 0 bridgehead atoms. The highest BCUT2D eigenvalue weighted by Gasteiger charge is 2.25. The van der Waals surface area contributed by atoms with Gasteiger partial charge in [-0.3, -0.25) is 14.9 Å². The summed E-state index contributed by atoms with van der Waals surface area (Å²) >= 11 is 1.58. The summed E-state index contributed by atoms with van der Waals surface area (Å²) in [5.41, 5.74) is -0.106. The number of hydrogen-bond acceptors (Lipinski definition) is 7. The molecule has 1 saturated heterocycles. The number of anilines is 1. The zero-order valence-corrected chi connectivity index (χ0v) is 14.6. The Morgan fingerprint density at radius 1 is 1.40 bits per heavy atom. The van der Waals surface area contributed by atoms with Gasteiger partial charge in [-0.1, -0.05) is 6.07 Å². The lowest BCUT2D eigenvalue weighted by atomic mass is 10.2. The quantitative estimate of drug-likeness (QED) is 0.597. The van der Waals surface area contributed by atoms with Crippen LogP contribution in [-0.4, -0.2) is 54.0 Å². The van der Waals surface area contributed by atoms with Crippen molar-refractivity contribution in [3.05, 3.63) is 44.8 Å². The van der Waals surface area contributed by atoms with E-state index < -0.39 is 4.92 Å². The van der Waals surface area contributed by atoms with E-state index in [-0.39, 0.29) is 11.6 Å². The third kappa shape index (κ3) is 3.87. The van der Waals surface area contributed by atoms with Crippen molar-refractivity contribution in [2.45, 2.75) is 6.42 Å². The summed E-state index contributed by atoms with van der Waals surface area (Å²) in [6, 6.07) is 5.28. The lowest BCUT2D eigenvalue weighted by Gasteiger charge is -2.35. The van der Waals surface area contributed by atoms with Crippen LogP contribution in [0, 0.1) is 10.1 Å². The van der Waals surface area contributed by atoms with E-state index in [0.29, 0.717) is 44.2 Å². The molecule has 0 atom stereocenters. The van der Waals surface area contributed by atoms with Crippen LogP contribution in [0.1, 0.15) is 4.88 Å². The number of thiophene rings is 1. The molecule has 25 heavy (non-hydrogen) atoms. The van der Waals surface area contributed by atoms with Gasteiger partial charge in [0.15, 0.2) is 11.6 Å². The summed E-state index contributed by atoms with van der Waals surface area (Å²) in [7, 11) is 1.46. The summed E-state index contributed by atoms with van der Waals surface area (Å²) in [6.45, 7) is 2.40. The number of ether oxygens (including phenoxy) is 1. The van der Waals surface area contributed by atoms with Crippen LogP contribution < -0.4 is 9.64 Å². The Bertz CT molecular complexity index is 758. The molecule has 0 radical (unpaired) electrons. The molecule has 0 saturated carbocycles. The summed E-state index contributed by atoms with van der Waals surface area (Å²) < 4.78 is 5.25. The van der Waals surface area contributed by atoms with E-state index >= 15 is 0 Å². The van der Waals surface area contributed by atoms with Crippen LogP contribution in [0.4, 0.5) is 11.5 Å². The highest BCUT2D eigenvalue weighted by molar-refractivity contribution is 7.10. The van der Waals surface area contributed by atoms with E-state index in [4.69, 9.17) is 4.74 Å². The Morgan fingerprint density at radius 2 is 2.16 bits per heavy atom. The number of nitrogens with zero attached hydrogens (tertiary/aromatic N) is 4. The van der Waals surface area contributed by atoms with Gasteiger partial charge in [0.25, 0.3) is 5.69 Å². The molecule has 1 amide bonds. The molecule has 0 aromatic carbocycles. The molecular formula is C16H18N4O4S. The number of rotatable bonds is 5. The highest BCUT2D eigenvalue weighted by Crippen LogP contribution is 2.30. The Balaban J connectivity index is 1.64. The number of nitro groups is 1. The van der Waals surface area contributed by atoms with Crippen LogP contribution in [0.2, 0.25) is 0 Å². The second-order valence-corrected chi connectivity index (χ2v) is 6.63. The molecule has 1 aliphatic rings. The fourth-order valence-electron chi connectivity index (χ4n) is 2.76. The van der Waals surface area contributed by atoms with Gasteiger partial charge in [0, 0.05) is 31.1 Å². The van der Waals surface area contributed by atoms with Crippen molar-refractivity contribution in [3.63, 3.8) is 0 Å². The van der Waals surface area contributed by atoms with Crippen molar-refractivity contribution in [1.82, 2.24) is 9.88 Å². The second kappa shape index (κ2) is 7.47. The molecule has 8 nitrogen and oxygen atoms in total. The fraction of sp³-hybridized carbons (Fsp3) is 0.375. The molecule has 9 heteroatoms. The predicted molar refractivity (Wildman–Crippen MR) is 94.3 cm³/mol. The largest absolute Gasteiger partial charge is 0.493 e. The van der Waals surface area contributed by atoms with Gasteiger partial charge in [-0.15, -0.1) is 11.3 Å². The van der Waals surface area contributed by atoms with Crippen molar-refractivity contribution in [2.24, 2.45) is 0 Å². The van der Waals surface area contributed by atoms with Gasteiger partial charge in [-0.2, -0.15) is 0 Å². The van der Waals surface area contributed by atoms with E-state index in [1.807, 2.05) is 27.3 Å². The van der Waals surface area contributed by atoms with Gasteiger partial charge < -0.3 is 14.5 Å². The number of amides is 1. The summed E-state index contributed by atoms with van der Waals surface area (Å²) in [4.78, 5) is 31.8. The molecule has 2 aromatic heterocycles. The zero-order chi connectivity index (χ0) is 17.8. The Hall–Kier alpha value is -2.68. The van der Waals surface area contributed by atoms with Gasteiger partial charge in [-0.05, 0) is 11.4 Å². The second-order valence-electron chi connectivity index (χ2n) is 5.60. The molecule has 3 rings (SSSR count). The first-order valence-corrected chi connectivity index (χ1v) is 8.70. The average molecular weight is 362 g/mol. The lowest BCUT2D eigenvalue weighted by molar-refractivity contribution is -0.385. The van der Waals surface area contributed by atoms with Crippen molar-refractivity contribution >= 4 is 28.7 Å². The minimum absolute atomic E-state index is 0.106. The van der Waals surface area contributed by atoms with Crippen LogP contribution in [0.5, 0.6) is 5.75 Å². The molecule has 0 N–H and O–H groups in total. The molecule has 132 valence electrons. The SMILES string of the molecule is COc1cc([N+](=O)[O-])cnc1N1CCN(C(=O)Cc2cccs2)CC1. The number of carbonyl (C=O) groups excluding carboxylic acids is 1. The van der Waals surface area contributed by atoms with Crippen molar-refractivity contribution in [1.29, 1.82) is 0 Å². The molecule has 3 heterocycles. The van der Waals surface area contributed by atoms with E-state index in [9.17, 15) is 14.9 Å². The Kier molecular flexibility index (Phi) is 5.13. The fourth-order valence-corrected chi connectivity index (χ4v) is 3.45. The first-order chi connectivity index (χ1) is 12.1. The predicted octanol–water partition coefficient (Wildman–Crippen LogP) is 1.95. The summed E-state index contributed by atoms with van der Waals surface area (Å²) in [6.07, 6.45) is 1.66. The molecule has 0 aliphatic carbocycles. The standard InChI is InChI=1S/C16H18N4O4S/c1-24-14-9-12(20(22)23)11-17-16(14)19-6-4-18(5-7-19)15(21)10-13-3-2-8-25-13/h2-3,8-9,11H,4-7,10H2,1H3. The normalized spacial score (nSPS) is 14.4. The maximum Gasteiger partial charge on any atom is 0.291 e. The first kappa shape index (κ1) is 17.2. The van der Waals surface area contributed by atoms with Gasteiger partial charge in [-0.25, -0.2) is 4.98 Å². The summed E-state index contributed by atoms with van der Waals surface area (Å²) in [5, 5.41) is 12.8. The minimum Gasteiger partial charge on any atom is -0.493 e. The van der Waals surface area contributed by atoms with Crippen LogP contribution in [-0.2, 0) is 11.2 Å². The van der Waals surface area contributed by atoms with Gasteiger partial charge in [0.1, 0.15) is 6.20 Å². The van der Waals surface area contributed by atoms with Crippen LogP contribution in [0.25, 0.3) is 0 Å². The first-order valence-electron chi connectivity index (χ1n) is 7.82. The maximum absolute atomic E-state index is 12.4. The highest BCUT2D eigenvalue weighted by atomic mass is 32.1. The zero-order valence-electron chi connectivity index (χ0n) is 13.8. The van der Waals surface area contributed by atoms with Gasteiger partial charge in [0.05, 0.1) is 24.5 Å². The topological polar surface area (TPSA) is 88.8 Å². The minimum atomic E-state index is -0.500. The third-order valence-corrected chi connectivity index (χ3v) is 4.96. The number of carbonyl (C=O) groups is 1. The van der Waals surface area contributed by atoms with E-state index in [1.165, 1.54) is 19.4 Å². The Morgan fingerprint density at radius 3 is 2.76 bits per heavy atom. The number of hydrogen-bond donors (Lipinski definition) is 0. The van der Waals surface area contributed by atoms with E-state index in [1.54, 1.807) is 11.3 Å². The monoisotopic (exact) mass is 362 g/mol. The van der Waals surface area contributed by atoms with E-state index in [0.717, 1.165) is 4.88 Å². The molecular weight excluding hydrogens is 344 g/mol.